The molecule has 0 bridgehead atoms. The third-order valence-electron chi connectivity index (χ3n) is 3.28. The number of anilines is 2. The number of urea groups is 1. The maximum Gasteiger partial charge on any atom is 0.325 e. The minimum Gasteiger partial charge on any atom is -0.469 e. The molecule has 0 spiro atoms. The highest BCUT2D eigenvalue weighted by atomic mass is 32.1. The van der Waals surface area contributed by atoms with Crippen LogP contribution in [0.3, 0.4) is 0 Å². The van der Waals surface area contributed by atoms with Gasteiger partial charge in [0.2, 0.25) is 6.79 Å². The molecule has 1 aromatic carbocycles. The van der Waals surface area contributed by atoms with Crippen LogP contribution < -0.4 is 20.1 Å². The highest BCUT2D eigenvalue weighted by Gasteiger charge is 2.16. The number of nitrogens with one attached hydrogen (secondary N) is 2. The first-order valence-corrected chi connectivity index (χ1v) is 7.87. The SMILES string of the molecule is COC(=O)Cc1sc(NC(=O)Nc2ccc3c(c2)OCO3)nc1C. The fourth-order valence-corrected chi connectivity index (χ4v) is 3.03. The summed E-state index contributed by atoms with van der Waals surface area (Å²) in [5.74, 6) is 0.875. The standard InChI is InChI=1S/C15H15N3O5S/c1-8-12(6-13(19)21-2)24-15(16-8)18-14(20)17-9-3-4-10-11(5-9)23-7-22-10/h3-5H,6-7H2,1-2H3,(H2,16,17,18,20). The predicted molar refractivity (Wildman–Crippen MR) is 87.8 cm³/mol. The number of hydrogen-bond acceptors (Lipinski definition) is 7. The number of amides is 2. The van der Waals surface area contributed by atoms with Crippen LogP contribution in [0.2, 0.25) is 0 Å². The van der Waals surface area contributed by atoms with Crippen molar-refractivity contribution in [3.05, 3.63) is 28.8 Å². The molecule has 1 aliphatic rings. The van der Waals surface area contributed by atoms with Crippen molar-refractivity contribution in [2.24, 2.45) is 0 Å². The Morgan fingerprint density at radius 3 is 2.88 bits per heavy atom. The first-order chi connectivity index (χ1) is 11.5. The third kappa shape index (κ3) is 3.57. The van der Waals surface area contributed by atoms with Crippen molar-refractivity contribution in [3.8, 4) is 11.5 Å². The van der Waals surface area contributed by atoms with Crippen molar-refractivity contribution in [2.45, 2.75) is 13.3 Å². The summed E-state index contributed by atoms with van der Waals surface area (Å²) in [6.45, 7) is 1.95. The molecule has 1 aliphatic heterocycles. The first kappa shape index (κ1) is 16.1. The van der Waals surface area contributed by atoms with Gasteiger partial charge in [-0.15, -0.1) is 11.3 Å². The van der Waals surface area contributed by atoms with Crippen molar-refractivity contribution in [1.29, 1.82) is 0 Å². The Kier molecular flexibility index (Phi) is 4.52. The van der Waals surface area contributed by atoms with Gasteiger partial charge in [0.15, 0.2) is 16.6 Å². The molecule has 0 atom stereocenters. The zero-order valence-electron chi connectivity index (χ0n) is 13.0. The van der Waals surface area contributed by atoms with E-state index in [1.165, 1.54) is 18.4 Å². The van der Waals surface area contributed by atoms with E-state index in [0.29, 0.717) is 28.0 Å². The number of rotatable bonds is 4. The smallest absolute Gasteiger partial charge is 0.325 e. The molecule has 0 aliphatic carbocycles. The molecule has 0 saturated heterocycles. The predicted octanol–water partition coefficient (Wildman–Crippen LogP) is 2.54. The second-order valence-electron chi connectivity index (χ2n) is 4.93. The molecule has 8 nitrogen and oxygen atoms in total. The molecule has 0 unspecified atom stereocenters. The molecule has 0 fully saturated rings. The summed E-state index contributed by atoms with van der Waals surface area (Å²) in [5.41, 5.74) is 1.25. The van der Waals surface area contributed by atoms with Gasteiger partial charge in [-0.1, -0.05) is 0 Å². The van der Waals surface area contributed by atoms with Gasteiger partial charge < -0.3 is 19.5 Å². The van der Waals surface area contributed by atoms with Crippen molar-refractivity contribution in [3.63, 3.8) is 0 Å². The number of esters is 1. The highest BCUT2D eigenvalue weighted by Crippen LogP contribution is 2.34. The van der Waals surface area contributed by atoms with Gasteiger partial charge in [-0.2, -0.15) is 0 Å². The van der Waals surface area contributed by atoms with Crippen molar-refractivity contribution < 1.29 is 23.8 Å². The van der Waals surface area contributed by atoms with E-state index in [1.54, 1.807) is 25.1 Å². The highest BCUT2D eigenvalue weighted by molar-refractivity contribution is 7.16. The summed E-state index contributed by atoms with van der Waals surface area (Å²) < 4.78 is 15.1. The third-order valence-corrected chi connectivity index (χ3v) is 4.35. The Morgan fingerprint density at radius 1 is 1.29 bits per heavy atom. The zero-order valence-corrected chi connectivity index (χ0v) is 13.9. The van der Waals surface area contributed by atoms with Gasteiger partial charge in [-0.3, -0.25) is 10.1 Å². The van der Waals surface area contributed by atoms with Crippen LogP contribution in [0.1, 0.15) is 10.6 Å². The van der Waals surface area contributed by atoms with Gasteiger partial charge in [0.05, 0.1) is 19.2 Å². The fourth-order valence-electron chi connectivity index (χ4n) is 2.08. The average molecular weight is 349 g/mol. The van der Waals surface area contributed by atoms with Crippen LogP contribution in [0.5, 0.6) is 11.5 Å². The van der Waals surface area contributed by atoms with E-state index < -0.39 is 6.03 Å². The molecule has 3 rings (SSSR count). The lowest BCUT2D eigenvalue weighted by molar-refractivity contribution is -0.139. The number of hydrogen-bond donors (Lipinski definition) is 2. The largest absolute Gasteiger partial charge is 0.469 e. The minimum atomic E-state index is -0.438. The number of aromatic nitrogens is 1. The number of carbonyl (C=O) groups excluding carboxylic acids is 2. The lowest BCUT2D eigenvalue weighted by atomic mass is 10.3. The van der Waals surface area contributed by atoms with Gasteiger partial charge in [0.25, 0.3) is 0 Å². The minimum absolute atomic E-state index is 0.130. The number of methoxy groups -OCH3 is 1. The molecular formula is C15H15N3O5S. The second-order valence-corrected chi connectivity index (χ2v) is 6.01. The molecule has 126 valence electrons. The lowest BCUT2D eigenvalue weighted by Crippen LogP contribution is -2.19. The molecule has 24 heavy (non-hydrogen) atoms. The van der Waals surface area contributed by atoms with Crippen LogP contribution >= 0.6 is 11.3 Å². The van der Waals surface area contributed by atoms with Gasteiger partial charge in [-0.05, 0) is 19.1 Å². The Hall–Kier alpha value is -2.81. The van der Waals surface area contributed by atoms with Crippen molar-refractivity contribution >= 4 is 34.2 Å². The summed E-state index contributed by atoms with van der Waals surface area (Å²) in [5, 5.41) is 5.74. The van der Waals surface area contributed by atoms with Gasteiger partial charge in [0.1, 0.15) is 0 Å². The fraction of sp³-hybridized carbons (Fsp3) is 0.267. The number of nitrogens with zero attached hydrogens (tertiary/aromatic N) is 1. The average Bonchev–Trinajstić information content (AvgIpc) is 3.13. The van der Waals surface area contributed by atoms with Crippen molar-refractivity contribution in [2.75, 3.05) is 24.5 Å². The molecule has 2 amide bonds. The van der Waals surface area contributed by atoms with Gasteiger partial charge in [-0.25, -0.2) is 9.78 Å². The summed E-state index contributed by atoms with van der Waals surface area (Å²) in [6.07, 6.45) is 0.130. The second kappa shape index (κ2) is 6.75. The molecule has 0 radical (unpaired) electrons. The molecule has 2 aromatic rings. The number of carbonyl (C=O) groups is 2. The Labute approximate surface area is 141 Å². The molecule has 0 saturated carbocycles. The quantitative estimate of drug-likeness (QED) is 0.823. The summed E-state index contributed by atoms with van der Waals surface area (Å²) in [6, 6.07) is 4.67. The Bertz CT molecular complexity index is 789. The lowest BCUT2D eigenvalue weighted by Gasteiger charge is -2.06. The normalized spacial score (nSPS) is 11.9. The van der Waals surface area contributed by atoms with Crippen LogP contribution in [0.15, 0.2) is 18.2 Å². The summed E-state index contributed by atoms with van der Waals surface area (Å²) in [4.78, 5) is 28.4. The monoisotopic (exact) mass is 349 g/mol. The van der Waals surface area contributed by atoms with E-state index in [1.807, 2.05) is 0 Å². The van der Waals surface area contributed by atoms with E-state index in [2.05, 4.69) is 20.4 Å². The van der Waals surface area contributed by atoms with Crippen LogP contribution in [0, 0.1) is 6.92 Å². The van der Waals surface area contributed by atoms with Crippen molar-refractivity contribution in [1.82, 2.24) is 4.98 Å². The number of thiazole rings is 1. The molecule has 9 heteroatoms. The Morgan fingerprint density at radius 2 is 2.08 bits per heavy atom. The van der Waals surface area contributed by atoms with Gasteiger partial charge in [0, 0.05) is 16.6 Å². The van der Waals surface area contributed by atoms with Crippen LogP contribution in [-0.4, -0.2) is 30.9 Å². The molecule has 2 N–H and O–H groups in total. The first-order valence-electron chi connectivity index (χ1n) is 7.06. The number of benzene rings is 1. The number of aryl methyl sites for hydroxylation is 1. The van der Waals surface area contributed by atoms with E-state index >= 15 is 0 Å². The Balaban J connectivity index is 1.62. The molecule has 2 heterocycles. The summed E-state index contributed by atoms with van der Waals surface area (Å²) in [7, 11) is 1.33. The van der Waals surface area contributed by atoms with Crippen LogP contribution in [0.25, 0.3) is 0 Å². The van der Waals surface area contributed by atoms with E-state index in [4.69, 9.17) is 9.47 Å². The van der Waals surface area contributed by atoms with Crippen LogP contribution in [0.4, 0.5) is 15.6 Å². The maximum absolute atomic E-state index is 12.1. The summed E-state index contributed by atoms with van der Waals surface area (Å²) >= 11 is 1.23. The van der Waals surface area contributed by atoms with Gasteiger partial charge >= 0.3 is 12.0 Å². The topological polar surface area (TPSA) is 98.8 Å². The number of ether oxygens (including phenoxy) is 3. The van der Waals surface area contributed by atoms with E-state index in [0.717, 1.165) is 4.88 Å². The zero-order chi connectivity index (χ0) is 17.1. The molecule has 1 aromatic heterocycles. The maximum atomic E-state index is 12.1. The van der Waals surface area contributed by atoms with E-state index in [9.17, 15) is 9.59 Å². The molecular weight excluding hydrogens is 334 g/mol. The van der Waals surface area contributed by atoms with E-state index in [-0.39, 0.29) is 19.2 Å². The van der Waals surface area contributed by atoms with Crippen LogP contribution in [-0.2, 0) is 16.0 Å². The number of fused-ring (bicyclic) bond motifs is 1.